The van der Waals surface area contributed by atoms with E-state index in [0.29, 0.717) is 18.8 Å². The Kier molecular flexibility index (Phi) is 5.65. The van der Waals surface area contributed by atoms with Crippen LogP contribution < -0.4 is 4.74 Å². The summed E-state index contributed by atoms with van der Waals surface area (Å²) in [5.41, 5.74) is 1.28. The van der Waals surface area contributed by atoms with Crippen LogP contribution in [0.4, 0.5) is 0 Å². The van der Waals surface area contributed by atoms with Crippen LogP contribution in [0.3, 0.4) is 0 Å². The molecular formula is C19H20ClNO4S. The van der Waals surface area contributed by atoms with Crippen molar-refractivity contribution >= 4 is 27.6 Å². The lowest BCUT2D eigenvalue weighted by Crippen LogP contribution is -2.28. The van der Waals surface area contributed by atoms with Gasteiger partial charge in [0, 0.05) is 13.1 Å². The Balaban J connectivity index is 1.85. The highest BCUT2D eigenvalue weighted by atomic mass is 35.5. The van der Waals surface area contributed by atoms with Gasteiger partial charge >= 0.3 is 5.97 Å². The summed E-state index contributed by atoms with van der Waals surface area (Å²) in [6.07, 6.45) is 2.54. The first-order valence-corrected chi connectivity index (χ1v) is 10.3. The summed E-state index contributed by atoms with van der Waals surface area (Å²) in [7, 11) is -3.71. The lowest BCUT2D eigenvalue weighted by Gasteiger charge is -2.17. The number of hydrogen-bond donors (Lipinski definition) is 0. The molecule has 0 spiro atoms. The third kappa shape index (κ3) is 3.92. The van der Waals surface area contributed by atoms with Crippen LogP contribution >= 0.6 is 11.6 Å². The Morgan fingerprint density at radius 3 is 2.38 bits per heavy atom. The molecule has 0 aromatic heterocycles. The zero-order valence-corrected chi connectivity index (χ0v) is 16.0. The molecule has 26 heavy (non-hydrogen) atoms. The van der Waals surface area contributed by atoms with Gasteiger partial charge < -0.3 is 4.74 Å². The summed E-state index contributed by atoms with van der Waals surface area (Å²) >= 11 is 6.10. The number of rotatable bonds is 5. The van der Waals surface area contributed by atoms with Gasteiger partial charge in [0.25, 0.3) is 0 Å². The van der Waals surface area contributed by atoms with E-state index in [1.807, 2.05) is 19.1 Å². The molecule has 0 unspecified atom stereocenters. The molecule has 3 rings (SSSR count). The lowest BCUT2D eigenvalue weighted by atomic mass is 10.2. The predicted molar refractivity (Wildman–Crippen MR) is 100 cm³/mol. The second-order valence-corrected chi connectivity index (χ2v) is 8.46. The zero-order chi connectivity index (χ0) is 18.7. The number of ether oxygens (including phenoxy) is 1. The average molecular weight is 394 g/mol. The van der Waals surface area contributed by atoms with Crippen molar-refractivity contribution in [1.29, 1.82) is 0 Å². The highest BCUT2D eigenvalue weighted by molar-refractivity contribution is 7.89. The van der Waals surface area contributed by atoms with Gasteiger partial charge in [-0.1, -0.05) is 30.7 Å². The van der Waals surface area contributed by atoms with Crippen molar-refractivity contribution in [3.63, 3.8) is 0 Å². The van der Waals surface area contributed by atoms with Crippen LogP contribution in [-0.4, -0.2) is 31.8 Å². The monoisotopic (exact) mass is 393 g/mol. The van der Waals surface area contributed by atoms with Crippen molar-refractivity contribution in [2.75, 3.05) is 13.1 Å². The number of aryl methyl sites for hydroxylation is 1. The van der Waals surface area contributed by atoms with Crippen LogP contribution in [0.5, 0.6) is 5.75 Å². The number of nitrogens with zero attached hydrogens (tertiary/aromatic N) is 1. The van der Waals surface area contributed by atoms with E-state index in [0.717, 1.165) is 24.8 Å². The minimum absolute atomic E-state index is 0.0585. The summed E-state index contributed by atoms with van der Waals surface area (Å²) in [6.45, 7) is 2.98. The molecule has 0 atom stereocenters. The van der Waals surface area contributed by atoms with Crippen molar-refractivity contribution in [3.05, 3.63) is 58.6 Å². The quantitative estimate of drug-likeness (QED) is 0.570. The minimum atomic E-state index is -3.71. The molecule has 1 aliphatic heterocycles. The number of hydrogen-bond acceptors (Lipinski definition) is 4. The maximum Gasteiger partial charge on any atom is 0.343 e. The van der Waals surface area contributed by atoms with Gasteiger partial charge in [0.1, 0.15) is 10.6 Å². The van der Waals surface area contributed by atoms with Gasteiger partial charge in [-0.15, -0.1) is 0 Å². The van der Waals surface area contributed by atoms with E-state index in [1.165, 1.54) is 22.5 Å². The smallest absolute Gasteiger partial charge is 0.343 e. The molecule has 0 saturated carbocycles. The van der Waals surface area contributed by atoms with Gasteiger partial charge in [-0.05, 0) is 55.2 Å². The van der Waals surface area contributed by atoms with E-state index >= 15 is 0 Å². The van der Waals surface area contributed by atoms with Crippen molar-refractivity contribution in [2.45, 2.75) is 31.1 Å². The van der Waals surface area contributed by atoms with E-state index in [-0.39, 0.29) is 15.5 Å². The van der Waals surface area contributed by atoms with Gasteiger partial charge in [-0.25, -0.2) is 13.2 Å². The molecule has 1 saturated heterocycles. The SMILES string of the molecule is CCc1ccc(OC(=O)c2ccc(Cl)c(S(=O)(=O)N3CCCC3)c2)cc1. The van der Waals surface area contributed by atoms with E-state index < -0.39 is 16.0 Å². The Bertz CT molecular complexity index is 904. The Labute approximate surface area is 158 Å². The molecular weight excluding hydrogens is 374 g/mol. The van der Waals surface area contributed by atoms with Gasteiger partial charge in [-0.2, -0.15) is 4.31 Å². The Hall–Kier alpha value is -1.89. The van der Waals surface area contributed by atoms with Crippen molar-refractivity contribution in [2.24, 2.45) is 0 Å². The molecule has 2 aromatic carbocycles. The second kappa shape index (κ2) is 7.78. The first kappa shape index (κ1) is 18.9. The molecule has 0 N–H and O–H groups in total. The lowest BCUT2D eigenvalue weighted by molar-refractivity contribution is 0.0734. The highest BCUT2D eigenvalue weighted by Gasteiger charge is 2.30. The van der Waals surface area contributed by atoms with E-state index in [2.05, 4.69) is 0 Å². The van der Waals surface area contributed by atoms with Gasteiger partial charge in [0.05, 0.1) is 10.6 Å². The third-order valence-electron chi connectivity index (χ3n) is 4.39. The number of halogens is 1. The molecule has 0 radical (unpaired) electrons. The van der Waals surface area contributed by atoms with Crippen LogP contribution in [0, 0.1) is 0 Å². The molecule has 1 heterocycles. The van der Waals surface area contributed by atoms with Gasteiger partial charge in [0.2, 0.25) is 10.0 Å². The summed E-state index contributed by atoms with van der Waals surface area (Å²) in [6, 6.07) is 11.4. The van der Waals surface area contributed by atoms with Crippen LogP contribution in [0.2, 0.25) is 5.02 Å². The summed E-state index contributed by atoms with van der Waals surface area (Å²) in [4.78, 5) is 12.3. The molecule has 5 nitrogen and oxygen atoms in total. The molecule has 0 bridgehead atoms. The molecule has 0 amide bonds. The average Bonchev–Trinajstić information content (AvgIpc) is 3.18. The Morgan fingerprint density at radius 2 is 1.77 bits per heavy atom. The topological polar surface area (TPSA) is 63.7 Å². The number of esters is 1. The van der Waals surface area contributed by atoms with Crippen LogP contribution in [0.15, 0.2) is 47.4 Å². The number of benzene rings is 2. The van der Waals surface area contributed by atoms with Crippen LogP contribution in [-0.2, 0) is 16.4 Å². The number of sulfonamides is 1. The molecule has 138 valence electrons. The summed E-state index contributed by atoms with van der Waals surface area (Å²) in [5.74, 6) is -0.213. The van der Waals surface area contributed by atoms with Crippen LogP contribution in [0.1, 0.15) is 35.7 Å². The van der Waals surface area contributed by atoms with Gasteiger partial charge in [0.15, 0.2) is 0 Å². The van der Waals surface area contributed by atoms with Crippen molar-refractivity contribution < 1.29 is 17.9 Å². The third-order valence-corrected chi connectivity index (χ3v) is 6.77. The van der Waals surface area contributed by atoms with E-state index in [9.17, 15) is 13.2 Å². The van der Waals surface area contributed by atoms with Crippen LogP contribution in [0.25, 0.3) is 0 Å². The van der Waals surface area contributed by atoms with Crippen molar-refractivity contribution in [3.8, 4) is 5.75 Å². The first-order chi connectivity index (χ1) is 12.4. The molecule has 1 aliphatic rings. The number of carbonyl (C=O) groups excluding carboxylic acids is 1. The van der Waals surface area contributed by atoms with E-state index in [1.54, 1.807) is 12.1 Å². The second-order valence-electron chi connectivity index (χ2n) is 6.14. The van der Waals surface area contributed by atoms with E-state index in [4.69, 9.17) is 16.3 Å². The normalized spacial score (nSPS) is 15.2. The van der Waals surface area contributed by atoms with Gasteiger partial charge in [-0.3, -0.25) is 0 Å². The molecule has 0 aliphatic carbocycles. The zero-order valence-electron chi connectivity index (χ0n) is 14.4. The number of carbonyl (C=O) groups is 1. The fourth-order valence-corrected chi connectivity index (χ4v) is 4.87. The fourth-order valence-electron chi connectivity index (χ4n) is 2.85. The molecule has 7 heteroatoms. The summed E-state index contributed by atoms with van der Waals surface area (Å²) in [5, 5.41) is 0.0979. The highest BCUT2D eigenvalue weighted by Crippen LogP contribution is 2.28. The minimum Gasteiger partial charge on any atom is -0.423 e. The fraction of sp³-hybridized carbons (Fsp3) is 0.316. The molecule has 1 fully saturated rings. The largest absolute Gasteiger partial charge is 0.423 e. The van der Waals surface area contributed by atoms with Crippen molar-refractivity contribution in [1.82, 2.24) is 4.31 Å². The maximum absolute atomic E-state index is 12.7. The maximum atomic E-state index is 12.7. The Morgan fingerprint density at radius 1 is 1.12 bits per heavy atom. The first-order valence-electron chi connectivity index (χ1n) is 8.52. The predicted octanol–water partition coefficient (Wildman–Crippen LogP) is 3.91. The standard InChI is InChI=1S/C19H20ClNO4S/c1-2-14-5-8-16(9-6-14)25-19(22)15-7-10-17(20)18(13-15)26(23,24)21-11-3-4-12-21/h5-10,13H,2-4,11-12H2,1H3. The molecule has 2 aromatic rings. The summed E-state index contributed by atoms with van der Waals surface area (Å²) < 4.78 is 32.2.